The monoisotopic (exact) mass is 339 g/mol. The van der Waals surface area contributed by atoms with Crippen LogP contribution in [0, 0.1) is 5.92 Å². The van der Waals surface area contributed by atoms with Crippen LogP contribution >= 0.6 is 0 Å². The third-order valence-electron chi connectivity index (χ3n) is 5.23. The number of piperidine rings is 1. The van der Waals surface area contributed by atoms with Crippen LogP contribution in [0.3, 0.4) is 0 Å². The van der Waals surface area contributed by atoms with Crippen LogP contribution in [0.5, 0.6) is 0 Å². The van der Waals surface area contributed by atoms with E-state index in [0.717, 1.165) is 57.2 Å². The average Bonchev–Trinajstić information content (AvgIpc) is 3.12. The van der Waals surface area contributed by atoms with Crippen LogP contribution < -0.4 is 9.80 Å². The first kappa shape index (κ1) is 16.3. The van der Waals surface area contributed by atoms with Gasteiger partial charge in [0.25, 0.3) is 0 Å². The van der Waals surface area contributed by atoms with Gasteiger partial charge in [0.05, 0.1) is 6.10 Å². The molecule has 1 atom stereocenters. The Morgan fingerprint density at radius 1 is 1.04 bits per heavy atom. The van der Waals surface area contributed by atoms with E-state index >= 15 is 0 Å². The lowest BCUT2D eigenvalue weighted by Crippen LogP contribution is -2.36. The van der Waals surface area contributed by atoms with E-state index in [9.17, 15) is 5.11 Å². The maximum atomic E-state index is 9.68. The number of pyridine rings is 1. The van der Waals surface area contributed by atoms with Crippen molar-refractivity contribution in [2.45, 2.75) is 31.8 Å². The summed E-state index contributed by atoms with van der Waals surface area (Å²) in [6.45, 7) is 3.73. The third-order valence-corrected chi connectivity index (χ3v) is 5.23. The molecule has 1 unspecified atom stereocenters. The summed E-state index contributed by atoms with van der Waals surface area (Å²) in [5.41, 5.74) is 1.30. The molecule has 6 heteroatoms. The highest BCUT2D eigenvalue weighted by Crippen LogP contribution is 2.25. The molecule has 2 saturated heterocycles. The highest BCUT2D eigenvalue weighted by atomic mass is 16.3. The van der Waals surface area contributed by atoms with E-state index in [1.54, 1.807) is 0 Å². The molecule has 0 amide bonds. The normalized spacial score (nSPS) is 21.7. The largest absolute Gasteiger partial charge is 0.393 e. The molecule has 6 nitrogen and oxygen atoms in total. The van der Waals surface area contributed by atoms with Crippen molar-refractivity contribution in [2.24, 2.45) is 5.92 Å². The van der Waals surface area contributed by atoms with E-state index in [1.165, 1.54) is 12.0 Å². The van der Waals surface area contributed by atoms with Gasteiger partial charge in [-0.05, 0) is 49.3 Å². The molecule has 0 bridgehead atoms. The lowest BCUT2D eigenvalue weighted by molar-refractivity contribution is 0.145. The zero-order chi connectivity index (χ0) is 17.1. The fraction of sp³-hybridized carbons (Fsp3) is 0.526. The van der Waals surface area contributed by atoms with Gasteiger partial charge in [-0.1, -0.05) is 6.07 Å². The molecule has 0 radical (unpaired) electrons. The third kappa shape index (κ3) is 3.90. The molecule has 2 aliphatic heterocycles. The topological polar surface area (TPSA) is 65.4 Å². The van der Waals surface area contributed by atoms with Gasteiger partial charge in [-0.3, -0.25) is 4.98 Å². The molecule has 0 aliphatic carbocycles. The van der Waals surface area contributed by atoms with Gasteiger partial charge >= 0.3 is 0 Å². The summed E-state index contributed by atoms with van der Waals surface area (Å²) in [5, 5.41) is 9.68. The highest BCUT2D eigenvalue weighted by Gasteiger charge is 2.25. The predicted molar refractivity (Wildman–Crippen MR) is 97.7 cm³/mol. The van der Waals surface area contributed by atoms with Crippen LogP contribution in [0.2, 0.25) is 0 Å². The summed E-state index contributed by atoms with van der Waals surface area (Å²) >= 11 is 0. The molecule has 2 aliphatic rings. The minimum atomic E-state index is -0.163. The Morgan fingerprint density at radius 3 is 2.68 bits per heavy atom. The fourth-order valence-electron chi connectivity index (χ4n) is 3.80. The summed E-state index contributed by atoms with van der Waals surface area (Å²) in [4.78, 5) is 18.0. The van der Waals surface area contributed by atoms with Crippen LogP contribution in [0.4, 0.5) is 11.8 Å². The molecule has 2 fully saturated rings. The van der Waals surface area contributed by atoms with Gasteiger partial charge in [-0.15, -0.1) is 0 Å². The van der Waals surface area contributed by atoms with Crippen molar-refractivity contribution >= 4 is 11.8 Å². The minimum absolute atomic E-state index is 0.163. The molecule has 2 aromatic rings. The Bertz CT molecular complexity index is 687. The zero-order valence-corrected chi connectivity index (χ0v) is 14.5. The van der Waals surface area contributed by atoms with Gasteiger partial charge in [-0.25, -0.2) is 4.98 Å². The summed E-state index contributed by atoms with van der Waals surface area (Å²) in [5.74, 6) is 2.44. The van der Waals surface area contributed by atoms with Crippen LogP contribution in [0.1, 0.15) is 24.8 Å². The van der Waals surface area contributed by atoms with Crippen LogP contribution in [-0.2, 0) is 6.42 Å². The molecule has 25 heavy (non-hydrogen) atoms. The molecule has 4 rings (SSSR count). The molecule has 0 aromatic carbocycles. The SMILES string of the molecule is OC1CCN(c2ccnc(N3CCC(Cc4cccnc4)C3)n2)CC1. The average molecular weight is 339 g/mol. The minimum Gasteiger partial charge on any atom is -0.393 e. The Morgan fingerprint density at radius 2 is 1.88 bits per heavy atom. The molecule has 0 saturated carbocycles. The zero-order valence-electron chi connectivity index (χ0n) is 14.5. The van der Waals surface area contributed by atoms with Gasteiger partial charge in [0.2, 0.25) is 5.95 Å². The first-order valence-electron chi connectivity index (χ1n) is 9.18. The number of hydrogen-bond acceptors (Lipinski definition) is 6. The van der Waals surface area contributed by atoms with Gasteiger partial charge in [0, 0.05) is 44.8 Å². The Kier molecular flexibility index (Phi) is 4.78. The first-order chi connectivity index (χ1) is 12.3. The molecule has 132 valence electrons. The first-order valence-corrected chi connectivity index (χ1v) is 9.18. The number of aliphatic hydroxyl groups is 1. The molecule has 2 aromatic heterocycles. The van der Waals surface area contributed by atoms with Gasteiger partial charge in [0.15, 0.2) is 0 Å². The number of rotatable bonds is 4. The number of hydrogen-bond donors (Lipinski definition) is 1. The predicted octanol–water partition coefficient (Wildman–Crippen LogP) is 1.90. The van der Waals surface area contributed by atoms with Crippen LogP contribution in [0.15, 0.2) is 36.8 Å². The number of anilines is 2. The smallest absolute Gasteiger partial charge is 0.227 e. The second kappa shape index (κ2) is 7.35. The second-order valence-electron chi connectivity index (χ2n) is 7.10. The van der Waals surface area contributed by atoms with E-state index in [1.807, 2.05) is 30.7 Å². The summed E-state index contributed by atoms with van der Waals surface area (Å²) in [6.07, 6.45) is 9.34. The highest BCUT2D eigenvalue weighted by molar-refractivity contribution is 5.44. The molecular weight excluding hydrogens is 314 g/mol. The number of aromatic nitrogens is 3. The van der Waals surface area contributed by atoms with Crippen molar-refractivity contribution in [1.29, 1.82) is 0 Å². The van der Waals surface area contributed by atoms with Gasteiger partial charge in [-0.2, -0.15) is 4.98 Å². The molecular formula is C19H25N5O. The van der Waals surface area contributed by atoms with E-state index in [2.05, 4.69) is 25.8 Å². The van der Waals surface area contributed by atoms with Gasteiger partial charge in [0.1, 0.15) is 5.82 Å². The summed E-state index contributed by atoms with van der Waals surface area (Å²) in [6, 6.07) is 6.13. The maximum absolute atomic E-state index is 9.68. The quantitative estimate of drug-likeness (QED) is 0.918. The summed E-state index contributed by atoms with van der Waals surface area (Å²) in [7, 11) is 0. The summed E-state index contributed by atoms with van der Waals surface area (Å²) < 4.78 is 0. The van der Waals surface area contributed by atoms with Crippen molar-refractivity contribution in [3.05, 3.63) is 42.4 Å². The fourth-order valence-corrected chi connectivity index (χ4v) is 3.80. The number of aliphatic hydroxyl groups excluding tert-OH is 1. The van der Waals surface area contributed by atoms with E-state index in [-0.39, 0.29) is 6.10 Å². The Balaban J connectivity index is 1.40. The lowest BCUT2D eigenvalue weighted by Gasteiger charge is -2.31. The van der Waals surface area contributed by atoms with Crippen molar-refractivity contribution < 1.29 is 5.11 Å². The van der Waals surface area contributed by atoms with Crippen molar-refractivity contribution in [3.8, 4) is 0 Å². The Hall–Kier alpha value is -2.21. The molecule has 0 spiro atoms. The maximum Gasteiger partial charge on any atom is 0.227 e. The molecule has 1 N–H and O–H groups in total. The standard InChI is InChI=1S/C19H25N5O/c25-17-5-10-23(11-6-17)18-3-8-21-19(22-18)24-9-4-16(14-24)12-15-2-1-7-20-13-15/h1-3,7-8,13,16-17,25H,4-6,9-12,14H2. The second-order valence-corrected chi connectivity index (χ2v) is 7.10. The Labute approximate surface area is 148 Å². The van der Waals surface area contributed by atoms with E-state index in [4.69, 9.17) is 4.98 Å². The van der Waals surface area contributed by atoms with Crippen molar-refractivity contribution in [1.82, 2.24) is 15.0 Å². The van der Waals surface area contributed by atoms with Crippen LogP contribution in [0.25, 0.3) is 0 Å². The van der Waals surface area contributed by atoms with E-state index < -0.39 is 0 Å². The molecule has 4 heterocycles. The lowest BCUT2D eigenvalue weighted by atomic mass is 10.0. The van der Waals surface area contributed by atoms with Crippen molar-refractivity contribution in [2.75, 3.05) is 36.0 Å². The van der Waals surface area contributed by atoms with Gasteiger partial charge < -0.3 is 14.9 Å². The number of nitrogens with zero attached hydrogens (tertiary/aromatic N) is 5. The van der Waals surface area contributed by atoms with Crippen LogP contribution in [-0.4, -0.2) is 52.3 Å². The van der Waals surface area contributed by atoms with E-state index in [0.29, 0.717) is 5.92 Å². The van der Waals surface area contributed by atoms with Crippen molar-refractivity contribution in [3.63, 3.8) is 0 Å².